The SMILES string of the molecule is [CH-]1CCCC2C3NC(NC4NC(NC5NC(NC6NC(N3)C3CCCCC63)C3CCCCC53)C3CCCCC43)C12.[O]=[Ti+2].[c-]1conn1. The van der Waals surface area contributed by atoms with Gasteiger partial charge in [-0.25, -0.2) is 0 Å². The van der Waals surface area contributed by atoms with Crippen molar-refractivity contribution in [2.75, 3.05) is 0 Å². The van der Waals surface area contributed by atoms with Gasteiger partial charge in [0.05, 0.1) is 43.2 Å². The summed E-state index contributed by atoms with van der Waals surface area (Å²) in [5.41, 5.74) is 0. The van der Waals surface area contributed by atoms with Crippen LogP contribution in [-0.2, 0) is 23.7 Å². The molecule has 8 N–H and O–H groups in total. The molecule has 0 aromatic carbocycles. The Hall–Kier alpha value is -0.666. The number of aromatic nitrogens is 2. The van der Waals surface area contributed by atoms with E-state index in [-0.39, 0.29) is 0 Å². The van der Waals surface area contributed by atoms with E-state index in [0.29, 0.717) is 61.2 Å². The van der Waals surface area contributed by atoms with Crippen LogP contribution in [0, 0.1) is 60.0 Å². The number of fused-ring (bicyclic) bond motifs is 20. The van der Waals surface area contributed by atoms with Gasteiger partial charge in [-0.05, 0) is 91.5 Å². The van der Waals surface area contributed by atoms with E-state index in [9.17, 15) is 0 Å². The van der Waals surface area contributed by atoms with Gasteiger partial charge in [-0.15, -0.1) is 5.92 Å². The molecule has 6 heterocycles. The molecule has 16 atom stereocenters. The second kappa shape index (κ2) is 15.3. The van der Waals surface area contributed by atoms with Crippen molar-refractivity contribution in [2.45, 2.75) is 146 Å². The number of nitrogens with zero attached hydrogens (tertiary/aromatic N) is 2. The van der Waals surface area contributed by atoms with Crippen LogP contribution < -0.4 is 42.5 Å². The van der Waals surface area contributed by atoms with E-state index in [1.165, 1.54) is 103 Å². The fourth-order valence-electron chi connectivity index (χ4n) is 11.9. The zero-order valence-electron chi connectivity index (χ0n) is 27.7. The van der Waals surface area contributed by atoms with Gasteiger partial charge in [-0.1, -0.05) is 51.4 Å². The maximum atomic E-state index is 8.25. The molecule has 0 amide bonds. The van der Waals surface area contributed by atoms with Crippen molar-refractivity contribution < 1.29 is 28.3 Å². The summed E-state index contributed by atoms with van der Waals surface area (Å²) in [4.78, 5) is 0. The maximum absolute atomic E-state index is 8.25. The van der Waals surface area contributed by atoms with Crippen LogP contribution >= 0.6 is 0 Å². The zero-order valence-corrected chi connectivity index (χ0v) is 29.3. The van der Waals surface area contributed by atoms with Gasteiger partial charge >= 0.3 is 23.7 Å². The second-order valence-electron chi connectivity index (χ2n) is 15.9. The monoisotopic (exact) mass is 684 g/mol. The Morgan fingerprint density at radius 3 is 1.17 bits per heavy atom. The molecule has 5 saturated heterocycles. The number of nitrogens with one attached hydrogen (secondary N) is 8. The second-order valence-corrected chi connectivity index (χ2v) is 15.9. The first-order valence-electron chi connectivity index (χ1n) is 19.1. The summed E-state index contributed by atoms with van der Waals surface area (Å²) in [5.74, 6) is 5.74. The molecule has 1 aromatic heterocycles. The van der Waals surface area contributed by atoms with E-state index >= 15 is 0 Å². The zero-order chi connectivity index (χ0) is 31.7. The van der Waals surface area contributed by atoms with Crippen LogP contribution in [0.5, 0.6) is 0 Å². The summed E-state index contributed by atoms with van der Waals surface area (Å²) in [6.07, 6.45) is 30.0. The summed E-state index contributed by atoms with van der Waals surface area (Å²) in [6.45, 7) is 0. The number of hydrogen-bond acceptors (Lipinski definition) is 12. The molecule has 4 aliphatic carbocycles. The largest absolute Gasteiger partial charge is 0.386 e. The van der Waals surface area contributed by atoms with Crippen LogP contribution in [0.15, 0.2) is 10.8 Å². The molecule has 16 unspecified atom stereocenters. The normalized spacial score (nSPS) is 50.0. The summed E-state index contributed by atoms with van der Waals surface area (Å²) in [7, 11) is 0. The van der Waals surface area contributed by atoms with Crippen molar-refractivity contribution in [1.29, 1.82) is 0 Å². The summed E-state index contributed by atoms with van der Waals surface area (Å²) in [5, 5.41) is 39.9. The fourth-order valence-corrected chi connectivity index (χ4v) is 11.9. The molecule has 0 radical (unpaired) electrons. The van der Waals surface area contributed by atoms with Crippen LogP contribution in [0.4, 0.5) is 0 Å². The van der Waals surface area contributed by atoms with E-state index < -0.39 is 0 Å². The van der Waals surface area contributed by atoms with Gasteiger partial charge in [0, 0.05) is 6.17 Å². The minimum Gasteiger partial charge on any atom is -0.386 e. The number of rotatable bonds is 0. The molecule has 4 saturated carbocycles. The first kappa shape index (κ1) is 33.5. The van der Waals surface area contributed by atoms with Gasteiger partial charge in [0.25, 0.3) is 0 Å². The van der Waals surface area contributed by atoms with Crippen LogP contribution in [-0.4, -0.2) is 59.7 Å². The number of hydrogen-bond donors (Lipinski definition) is 8. The molecule has 1 aromatic rings. The van der Waals surface area contributed by atoms with Gasteiger partial charge in [-0.3, -0.25) is 42.5 Å². The average molecular weight is 685 g/mol. The molecule has 9 fully saturated rings. The van der Waals surface area contributed by atoms with Gasteiger partial charge < -0.3 is 22.2 Å². The molecule has 12 nitrogen and oxygen atoms in total. The van der Waals surface area contributed by atoms with Gasteiger partial charge in [0.15, 0.2) is 0 Å². The average Bonchev–Trinajstić information content (AvgIpc) is 3.97. The summed E-state index contributed by atoms with van der Waals surface area (Å²) in [6, 6.07) is 0. The van der Waals surface area contributed by atoms with Crippen LogP contribution in [0.25, 0.3) is 0 Å². The Bertz CT molecular complexity index is 911. The van der Waals surface area contributed by atoms with Crippen LogP contribution in [0.3, 0.4) is 0 Å². The van der Waals surface area contributed by atoms with E-state index in [4.69, 9.17) is 3.32 Å². The third-order valence-corrected chi connectivity index (χ3v) is 13.8. The van der Waals surface area contributed by atoms with Crippen LogP contribution in [0.1, 0.15) is 96.3 Å². The molecule has 5 aliphatic heterocycles. The molecule has 47 heavy (non-hydrogen) atoms. The van der Waals surface area contributed by atoms with Crippen molar-refractivity contribution >= 4 is 0 Å². The summed E-state index contributed by atoms with van der Waals surface area (Å²) < 4.78 is 12.4. The van der Waals surface area contributed by atoms with Crippen molar-refractivity contribution in [3.63, 3.8) is 0 Å². The van der Waals surface area contributed by atoms with Gasteiger partial charge in [0.2, 0.25) is 0 Å². The van der Waals surface area contributed by atoms with Crippen LogP contribution in [0.2, 0.25) is 0 Å². The molecule has 258 valence electrons. The van der Waals surface area contributed by atoms with E-state index in [1.54, 1.807) is 0 Å². The minimum absolute atomic E-state index is 0.365. The third kappa shape index (κ3) is 6.75. The predicted molar refractivity (Wildman–Crippen MR) is 171 cm³/mol. The Morgan fingerprint density at radius 1 is 0.511 bits per heavy atom. The van der Waals surface area contributed by atoms with Crippen molar-refractivity contribution in [2.24, 2.45) is 47.3 Å². The quantitative estimate of drug-likeness (QED) is 0.149. The maximum Gasteiger partial charge on any atom is -0.00997 e. The van der Waals surface area contributed by atoms with E-state index in [1.807, 2.05) is 0 Å². The molecular weight excluding hydrogens is 628 g/mol. The van der Waals surface area contributed by atoms with Crippen molar-refractivity contribution in [3.05, 3.63) is 18.9 Å². The first-order chi connectivity index (χ1) is 23.3. The van der Waals surface area contributed by atoms with Crippen molar-refractivity contribution in [1.82, 2.24) is 52.9 Å². The topological polar surface area (TPSA) is 152 Å². The Kier molecular flexibility index (Phi) is 10.9. The predicted octanol–water partition coefficient (Wildman–Crippen LogP) is 2.17. The third-order valence-electron chi connectivity index (χ3n) is 13.8. The molecule has 8 bridgehead atoms. The molecule has 0 spiro atoms. The Labute approximate surface area is 292 Å². The first-order valence-corrected chi connectivity index (χ1v) is 19.7. The van der Waals surface area contributed by atoms with Crippen molar-refractivity contribution in [3.8, 4) is 0 Å². The Morgan fingerprint density at radius 2 is 0.851 bits per heavy atom. The van der Waals surface area contributed by atoms with E-state index in [0.717, 1.165) is 55.9 Å². The molecule has 13 heteroatoms. The molecular formula is C34H56N10O2Ti. The van der Waals surface area contributed by atoms with E-state index in [2.05, 4.69) is 70.0 Å². The molecule has 10 rings (SSSR count). The minimum atomic E-state index is 0.365. The fraction of sp³-hybridized carbons (Fsp3) is 0.912. The van der Waals surface area contributed by atoms with Gasteiger partial charge in [0.1, 0.15) is 0 Å². The smallest absolute Gasteiger partial charge is 0.00997 e. The van der Waals surface area contributed by atoms with Gasteiger partial charge in [-0.2, -0.15) is 6.42 Å². The molecule has 9 aliphatic rings. The Balaban J connectivity index is 0.000000420. The summed E-state index contributed by atoms with van der Waals surface area (Å²) >= 11 is 0.750. The standard InChI is InChI=1S/C32H55N8.C2HN2O.O.Ti/c1-2-10-18-17(9-1)25-33-26(18)38-28-21-13-5-6-14-22(21)30(35-28)40-32-24-16-8-7-15-23(24)31(36-32)39-29-20-12-4-3-11-19(20)27(34-29)37-25;1-2-5-4-3-1;;/h9,17-40H,1-8,10-16H2;2H;;/q2*-1;;+2.